The van der Waals surface area contributed by atoms with Crippen molar-refractivity contribution in [2.45, 2.75) is 39.2 Å². The Balaban J connectivity index is 1.82. The molecule has 1 aliphatic carbocycles. The molecule has 0 bridgehead atoms. The Hall–Kier alpha value is 0.100. The smallest absolute Gasteiger partial charge is 0.0327 e. The number of thiophene rings is 1. The molecule has 3 N–H and O–H groups in total. The van der Waals surface area contributed by atoms with E-state index in [-0.39, 0.29) is 0 Å². The van der Waals surface area contributed by atoms with Crippen LogP contribution in [0.3, 0.4) is 0 Å². The van der Waals surface area contributed by atoms with Gasteiger partial charge in [0.1, 0.15) is 0 Å². The molecule has 1 aromatic rings. The molecule has 2 rings (SSSR count). The van der Waals surface area contributed by atoms with Crippen molar-refractivity contribution >= 4 is 27.3 Å². The average molecular weight is 331 g/mol. The molecule has 0 unspecified atom stereocenters. The maximum absolute atomic E-state index is 6.03. The van der Waals surface area contributed by atoms with Crippen molar-refractivity contribution in [1.82, 2.24) is 5.32 Å². The molecule has 4 heteroatoms. The third kappa shape index (κ3) is 3.56. The molecule has 0 amide bonds. The van der Waals surface area contributed by atoms with Gasteiger partial charge >= 0.3 is 0 Å². The maximum Gasteiger partial charge on any atom is 0.0327 e. The van der Waals surface area contributed by atoms with Gasteiger partial charge in [0.15, 0.2) is 0 Å². The minimum atomic E-state index is 0.343. The van der Waals surface area contributed by atoms with E-state index >= 15 is 0 Å². The zero-order valence-corrected chi connectivity index (χ0v) is 13.4. The molecule has 1 fully saturated rings. The highest BCUT2D eigenvalue weighted by Crippen LogP contribution is 2.37. The SMILES string of the molecule is CC1CCC(CN)(CNCc2sccc2Br)CC1. The summed E-state index contributed by atoms with van der Waals surface area (Å²) >= 11 is 5.38. The summed E-state index contributed by atoms with van der Waals surface area (Å²) in [6, 6.07) is 2.11. The largest absolute Gasteiger partial charge is 0.330 e. The lowest BCUT2D eigenvalue weighted by atomic mass is 9.71. The van der Waals surface area contributed by atoms with E-state index < -0.39 is 0 Å². The fourth-order valence-electron chi connectivity index (χ4n) is 2.72. The Morgan fingerprint density at radius 3 is 2.78 bits per heavy atom. The number of rotatable bonds is 5. The molecule has 2 nitrogen and oxygen atoms in total. The van der Waals surface area contributed by atoms with Crippen LogP contribution >= 0.6 is 27.3 Å². The topological polar surface area (TPSA) is 38.0 Å². The molecule has 18 heavy (non-hydrogen) atoms. The number of hydrogen-bond donors (Lipinski definition) is 2. The van der Waals surface area contributed by atoms with Crippen LogP contribution < -0.4 is 11.1 Å². The van der Waals surface area contributed by atoms with Gasteiger partial charge in [-0.1, -0.05) is 19.8 Å². The Kier molecular flexibility index (Phi) is 5.24. The summed E-state index contributed by atoms with van der Waals surface area (Å²) in [4.78, 5) is 1.38. The molecule has 1 heterocycles. The van der Waals surface area contributed by atoms with Crippen molar-refractivity contribution in [3.8, 4) is 0 Å². The summed E-state index contributed by atoms with van der Waals surface area (Å²) in [5.41, 5.74) is 6.37. The van der Waals surface area contributed by atoms with E-state index in [1.165, 1.54) is 35.0 Å². The monoisotopic (exact) mass is 330 g/mol. The zero-order valence-electron chi connectivity index (χ0n) is 11.0. The molecule has 0 saturated heterocycles. The predicted molar refractivity (Wildman–Crippen MR) is 82.8 cm³/mol. The predicted octanol–water partition coefficient (Wildman–Crippen LogP) is 3.76. The summed E-state index contributed by atoms with van der Waals surface area (Å²) in [6.45, 7) is 5.19. The van der Waals surface area contributed by atoms with Crippen molar-refractivity contribution in [3.05, 3.63) is 20.8 Å². The zero-order chi connectivity index (χ0) is 13.0. The molecule has 0 radical (unpaired) electrons. The Morgan fingerprint density at radius 1 is 1.50 bits per heavy atom. The molecule has 0 aliphatic heterocycles. The van der Waals surface area contributed by atoms with E-state index in [0.717, 1.165) is 25.6 Å². The third-order valence-electron chi connectivity index (χ3n) is 4.24. The maximum atomic E-state index is 6.03. The first kappa shape index (κ1) is 14.5. The summed E-state index contributed by atoms with van der Waals surface area (Å²) in [6.07, 6.45) is 5.23. The second kappa shape index (κ2) is 6.51. The van der Waals surface area contributed by atoms with Gasteiger partial charge in [0.25, 0.3) is 0 Å². The number of hydrogen-bond acceptors (Lipinski definition) is 3. The first-order chi connectivity index (χ1) is 8.65. The fraction of sp³-hybridized carbons (Fsp3) is 0.714. The fourth-order valence-corrected chi connectivity index (χ4v) is 4.18. The summed E-state index contributed by atoms with van der Waals surface area (Å²) in [7, 11) is 0. The van der Waals surface area contributed by atoms with Crippen LogP contribution in [-0.4, -0.2) is 13.1 Å². The standard InChI is InChI=1S/C14H23BrN2S/c1-11-2-5-14(9-16,6-3-11)10-17-8-13-12(15)4-7-18-13/h4,7,11,17H,2-3,5-6,8-10,16H2,1H3. The highest BCUT2D eigenvalue weighted by atomic mass is 79.9. The van der Waals surface area contributed by atoms with Gasteiger partial charge in [-0.25, -0.2) is 0 Å². The van der Waals surface area contributed by atoms with E-state index in [2.05, 4.69) is 39.6 Å². The molecule has 0 aromatic carbocycles. The molecular formula is C14H23BrN2S. The molecule has 0 spiro atoms. The van der Waals surface area contributed by atoms with Gasteiger partial charge in [-0.05, 0) is 58.1 Å². The minimum Gasteiger partial charge on any atom is -0.330 e. The first-order valence-electron chi connectivity index (χ1n) is 6.78. The van der Waals surface area contributed by atoms with Crippen molar-refractivity contribution < 1.29 is 0 Å². The van der Waals surface area contributed by atoms with Gasteiger partial charge in [0, 0.05) is 22.4 Å². The van der Waals surface area contributed by atoms with E-state index in [4.69, 9.17) is 5.73 Å². The summed E-state index contributed by atoms with van der Waals surface area (Å²) in [5.74, 6) is 0.885. The number of nitrogens with one attached hydrogen (secondary N) is 1. The average Bonchev–Trinajstić information content (AvgIpc) is 2.78. The molecular weight excluding hydrogens is 308 g/mol. The van der Waals surface area contributed by atoms with Gasteiger partial charge in [0.2, 0.25) is 0 Å². The molecule has 1 aliphatic rings. The first-order valence-corrected chi connectivity index (χ1v) is 8.45. The Labute approximate surface area is 122 Å². The van der Waals surface area contributed by atoms with Crippen molar-refractivity contribution in [2.24, 2.45) is 17.1 Å². The van der Waals surface area contributed by atoms with E-state index in [1.54, 1.807) is 11.3 Å². The van der Waals surface area contributed by atoms with Crippen LogP contribution in [0.4, 0.5) is 0 Å². The molecule has 0 atom stereocenters. The lowest BCUT2D eigenvalue weighted by Crippen LogP contribution is -2.42. The van der Waals surface area contributed by atoms with Crippen LogP contribution in [0.1, 0.15) is 37.5 Å². The quantitative estimate of drug-likeness (QED) is 0.862. The summed E-state index contributed by atoms with van der Waals surface area (Å²) < 4.78 is 1.22. The van der Waals surface area contributed by atoms with E-state index in [1.807, 2.05) is 0 Å². The molecule has 1 saturated carbocycles. The normalized spacial score (nSPS) is 28.5. The van der Waals surface area contributed by atoms with Gasteiger partial charge in [0.05, 0.1) is 0 Å². The van der Waals surface area contributed by atoms with Crippen molar-refractivity contribution in [1.29, 1.82) is 0 Å². The van der Waals surface area contributed by atoms with E-state index in [0.29, 0.717) is 5.41 Å². The second-order valence-corrected chi connectivity index (χ2v) is 7.54. The Bertz CT molecular complexity index is 370. The number of nitrogens with two attached hydrogens (primary N) is 1. The van der Waals surface area contributed by atoms with Crippen LogP contribution in [0.5, 0.6) is 0 Å². The van der Waals surface area contributed by atoms with Crippen LogP contribution in [0, 0.1) is 11.3 Å². The highest BCUT2D eigenvalue weighted by molar-refractivity contribution is 9.10. The third-order valence-corrected chi connectivity index (χ3v) is 6.17. The van der Waals surface area contributed by atoms with Gasteiger partial charge in [-0.2, -0.15) is 0 Å². The van der Waals surface area contributed by atoms with Crippen LogP contribution in [0.15, 0.2) is 15.9 Å². The second-order valence-electron chi connectivity index (χ2n) is 5.68. The lowest BCUT2D eigenvalue weighted by molar-refractivity contribution is 0.159. The van der Waals surface area contributed by atoms with Crippen LogP contribution in [-0.2, 0) is 6.54 Å². The summed E-state index contributed by atoms with van der Waals surface area (Å²) in [5, 5.41) is 5.73. The molecule has 1 aromatic heterocycles. The van der Waals surface area contributed by atoms with Crippen LogP contribution in [0.2, 0.25) is 0 Å². The number of halogens is 1. The van der Waals surface area contributed by atoms with Crippen molar-refractivity contribution in [3.63, 3.8) is 0 Å². The van der Waals surface area contributed by atoms with E-state index in [9.17, 15) is 0 Å². The lowest BCUT2D eigenvalue weighted by Gasteiger charge is -2.38. The van der Waals surface area contributed by atoms with Crippen molar-refractivity contribution in [2.75, 3.05) is 13.1 Å². The van der Waals surface area contributed by atoms with Gasteiger partial charge in [-0.15, -0.1) is 11.3 Å². The van der Waals surface area contributed by atoms with Crippen LogP contribution in [0.25, 0.3) is 0 Å². The minimum absolute atomic E-state index is 0.343. The highest BCUT2D eigenvalue weighted by Gasteiger charge is 2.32. The molecule has 102 valence electrons. The van der Waals surface area contributed by atoms with Gasteiger partial charge in [-0.3, -0.25) is 0 Å². The van der Waals surface area contributed by atoms with Gasteiger partial charge < -0.3 is 11.1 Å². The Morgan fingerprint density at radius 2 is 2.22 bits per heavy atom.